The van der Waals surface area contributed by atoms with Crippen LogP contribution in [-0.2, 0) is 0 Å². The number of nitrogens with zero attached hydrogens (tertiary/aromatic N) is 2. The fraction of sp³-hybridized carbons (Fsp3) is 0.833. The molecule has 0 spiro atoms. The second-order valence-electron chi connectivity index (χ2n) is 2.71. The summed E-state index contributed by atoms with van der Waals surface area (Å²) < 4.78 is 0.551. The van der Waals surface area contributed by atoms with Crippen molar-refractivity contribution in [1.82, 2.24) is 15.3 Å². The van der Waals surface area contributed by atoms with Crippen molar-refractivity contribution in [2.24, 2.45) is 0 Å². The van der Waals surface area contributed by atoms with Gasteiger partial charge in [0.15, 0.2) is 0 Å². The predicted octanol–water partition coefficient (Wildman–Crippen LogP) is -0.428. The number of hydrogen-bond donors (Lipinski definition) is 2. The maximum absolute atomic E-state index is 4.80. The maximum atomic E-state index is 4.80. The van der Waals surface area contributed by atoms with E-state index in [-0.39, 0.29) is 23.7 Å². The van der Waals surface area contributed by atoms with Crippen molar-refractivity contribution in [1.29, 1.82) is 0 Å². The molecule has 0 aliphatic carbocycles. The molecular weight excluding hydrogens is 306 g/mol. The molecule has 3 nitrogen and oxygen atoms in total. The third-order valence-electron chi connectivity index (χ3n) is 1.76. The summed E-state index contributed by atoms with van der Waals surface area (Å²) >= 11 is 8.80. The van der Waals surface area contributed by atoms with E-state index in [4.69, 9.17) is 12.2 Å². The van der Waals surface area contributed by atoms with Crippen molar-refractivity contribution < 1.29 is 0 Å². The Morgan fingerprint density at radius 3 is 2.25 bits per heavy atom. The summed E-state index contributed by atoms with van der Waals surface area (Å²) in [5, 5.41) is 2.09. The molecule has 1 heterocycles. The first-order chi connectivity index (χ1) is 5.18. The minimum absolute atomic E-state index is 0. The maximum Gasteiger partial charge on any atom is 0.145 e. The number of hydrogen-bond acceptors (Lipinski definition) is 3. The van der Waals surface area contributed by atoms with Crippen LogP contribution in [0.3, 0.4) is 0 Å². The third-order valence-corrected chi connectivity index (χ3v) is 1.95. The quantitative estimate of drug-likeness (QED) is 0.388. The van der Waals surface area contributed by atoms with Gasteiger partial charge in [-0.3, -0.25) is 0 Å². The fourth-order valence-corrected chi connectivity index (χ4v) is 1.32. The summed E-state index contributed by atoms with van der Waals surface area (Å²) in [7, 11) is 2.12. The number of rotatable bonds is 1. The van der Waals surface area contributed by atoms with E-state index in [0.717, 1.165) is 26.2 Å². The van der Waals surface area contributed by atoms with Crippen molar-refractivity contribution in [3.63, 3.8) is 0 Å². The van der Waals surface area contributed by atoms with Gasteiger partial charge >= 0.3 is 0 Å². The topological polar surface area (TPSA) is 18.5 Å². The molecule has 0 bridgehead atoms. The molecule has 70 valence electrons. The zero-order chi connectivity index (χ0) is 8.27. The number of hydrazine groups is 1. The molecule has 0 aromatic heterocycles. The van der Waals surface area contributed by atoms with Crippen LogP contribution in [0.1, 0.15) is 0 Å². The summed E-state index contributed by atoms with van der Waals surface area (Å²) in [5.74, 6) is 0. The molecule has 0 aromatic carbocycles. The molecule has 0 saturated carbocycles. The van der Waals surface area contributed by atoms with Crippen LogP contribution in [0.5, 0.6) is 0 Å². The molecule has 1 fully saturated rings. The van der Waals surface area contributed by atoms with Crippen LogP contribution < -0.4 is 5.43 Å². The molecule has 2 radical (unpaired) electrons. The van der Waals surface area contributed by atoms with Crippen LogP contribution in [0, 0.1) is 0 Å². The molecule has 0 aromatic rings. The van der Waals surface area contributed by atoms with Gasteiger partial charge < -0.3 is 10.3 Å². The Hall–Kier alpha value is 0.950. The van der Waals surface area contributed by atoms with E-state index in [1.54, 1.807) is 0 Å². The SMILES string of the molecule is CN1CCN(NC(=S)S)CC1.[Te]. The minimum atomic E-state index is 0. The molecule has 0 amide bonds. The first kappa shape index (κ1) is 12.9. The summed E-state index contributed by atoms with van der Waals surface area (Å²) in [6, 6.07) is 0. The molecule has 1 aliphatic rings. The number of thiol groups is 1. The van der Waals surface area contributed by atoms with Crippen molar-refractivity contribution >= 4 is 52.8 Å². The average Bonchev–Trinajstić information content (AvgIpc) is 1.93. The molecule has 1 saturated heterocycles. The average molecular weight is 319 g/mol. The Morgan fingerprint density at radius 2 is 1.83 bits per heavy atom. The molecule has 1 rings (SSSR count). The first-order valence-corrected chi connectivity index (χ1v) is 4.47. The number of thiocarbonyl (C=S) groups is 1. The number of piperazine rings is 1. The van der Waals surface area contributed by atoms with E-state index in [1.165, 1.54) is 0 Å². The minimum Gasteiger partial charge on any atom is -0.304 e. The van der Waals surface area contributed by atoms with Crippen LogP contribution in [0.15, 0.2) is 0 Å². The summed E-state index contributed by atoms with van der Waals surface area (Å²) in [6.07, 6.45) is 0. The molecular formula is C6H13N3S2Te. The molecule has 6 heteroatoms. The Morgan fingerprint density at radius 1 is 1.33 bits per heavy atom. The molecule has 0 unspecified atom stereocenters. The van der Waals surface area contributed by atoms with Gasteiger partial charge in [-0.15, -0.1) is 12.6 Å². The molecule has 1 aliphatic heterocycles. The van der Waals surface area contributed by atoms with Crippen molar-refractivity contribution in [3.8, 4) is 0 Å². The van der Waals surface area contributed by atoms with Crippen molar-refractivity contribution in [3.05, 3.63) is 0 Å². The van der Waals surface area contributed by atoms with Crippen LogP contribution in [0.25, 0.3) is 0 Å². The van der Waals surface area contributed by atoms with Crippen LogP contribution >= 0.6 is 24.8 Å². The summed E-state index contributed by atoms with van der Waals surface area (Å²) in [4.78, 5) is 2.29. The van der Waals surface area contributed by atoms with E-state index < -0.39 is 0 Å². The number of likely N-dealkylation sites (N-methyl/N-ethyl adjacent to an activating group) is 1. The zero-order valence-corrected chi connectivity index (χ0v) is 11.0. The van der Waals surface area contributed by atoms with Gasteiger partial charge in [-0.25, -0.2) is 5.01 Å². The van der Waals surface area contributed by atoms with E-state index in [2.05, 4.69) is 35.0 Å². The Balaban J connectivity index is 0.00000121. The largest absolute Gasteiger partial charge is 0.304 e. The van der Waals surface area contributed by atoms with Crippen molar-refractivity contribution in [2.45, 2.75) is 0 Å². The summed E-state index contributed by atoms with van der Waals surface area (Å²) in [5.41, 5.74) is 3.00. The number of nitrogens with one attached hydrogen (secondary N) is 1. The van der Waals surface area contributed by atoms with Gasteiger partial charge in [-0.1, -0.05) is 12.2 Å². The predicted molar refractivity (Wildman–Crippen MR) is 59.5 cm³/mol. The fourth-order valence-electron chi connectivity index (χ4n) is 1.05. The van der Waals surface area contributed by atoms with Gasteiger partial charge in [0.2, 0.25) is 0 Å². The van der Waals surface area contributed by atoms with E-state index in [9.17, 15) is 0 Å². The van der Waals surface area contributed by atoms with Gasteiger partial charge in [0.1, 0.15) is 4.32 Å². The smallest absolute Gasteiger partial charge is 0.145 e. The zero-order valence-electron chi connectivity index (χ0n) is 6.99. The van der Waals surface area contributed by atoms with E-state index in [1.807, 2.05) is 0 Å². The van der Waals surface area contributed by atoms with Gasteiger partial charge in [0, 0.05) is 49.8 Å². The van der Waals surface area contributed by atoms with Gasteiger partial charge in [0.05, 0.1) is 0 Å². The second kappa shape index (κ2) is 6.41. The van der Waals surface area contributed by atoms with Crippen LogP contribution in [0.4, 0.5) is 0 Å². The Kier molecular flexibility index (Phi) is 6.92. The van der Waals surface area contributed by atoms with E-state index in [0.29, 0.717) is 4.32 Å². The second-order valence-corrected chi connectivity index (χ2v) is 3.87. The molecule has 0 atom stereocenters. The van der Waals surface area contributed by atoms with Crippen molar-refractivity contribution in [2.75, 3.05) is 33.2 Å². The summed E-state index contributed by atoms with van der Waals surface area (Å²) in [6.45, 7) is 4.20. The first-order valence-electron chi connectivity index (χ1n) is 3.61. The normalized spacial score (nSPS) is 19.8. The Labute approximate surface area is 101 Å². The van der Waals surface area contributed by atoms with Gasteiger partial charge in [-0.2, -0.15) is 0 Å². The standard InChI is InChI=1S/C6H13N3S2.Te/c1-8-2-4-9(5-3-8)7-6(10)11;/h2-5H2,1H3,(H2,7,10,11);. The van der Waals surface area contributed by atoms with Gasteiger partial charge in [0.25, 0.3) is 0 Å². The van der Waals surface area contributed by atoms with Crippen LogP contribution in [-0.4, -0.2) is 71.1 Å². The van der Waals surface area contributed by atoms with Crippen LogP contribution in [0.2, 0.25) is 0 Å². The Bertz CT molecular complexity index is 148. The van der Waals surface area contributed by atoms with Gasteiger partial charge in [-0.05, 0) is 7.05 Å². The van der Waals surface area contributed by atoms with E-state index >= 15 is 0 Å². The third kappa shape index (κ3) is 4.85. The monoisotopic (exact) mass is 321 g/mol. The molecule has 12 heavy (non-hydrogen) atoms. The molecule has 1 N–H and O–H groups in total.